The van der Waals surface area contributed by atoms with E-state index in [1.165, 1.54) is 0 Å². The number of rotatable bonds is 4. The fourth-order valence-corrected chi connectivity index (χ4v) is 1.30. The normalized spacial score (nSPS) is 19.3. The van der Waals surface area contributed by atoms with E-state index in [4.69, 9.17) is 9.47 Å². The van der Waals surface area contributed by atoms with Gasteiger partial charge in [0.05, 0.1) is 6.61 Å². The monoisotopic (exact) mass is 218 g/mol. The summed E-state index contributed by atoms with van der Waals surface area (Å²) in [7, 11) is 0. The summed E-state index contributed by atoms with van der Waals surface area (Å²) in [6, 6.07) is 9.70. The Morgan fingerprint density at radius 3 is 2.81 bits per heavy atom. The predicted molar refractivity (Wildman–Crippen MR) is 60.8 cm³/mol. The fraction of sp³-hybridized carbons (Fsp3) is 0.308. The van der Waals surface area contributed by atoms with Crippen LogP contribution >= 0.6 is 0 Å². The molecule has 0 bridgehead atoms. The van der Waals surface area contributed by atoms with E-state index < -0.39 is 0 Å². The summed E-state index contributed by atoms with van der Waals surface area (Å²) in [5, 5.41) is 0. The summed E-state index contributed by atoms with van der Waals surface area (Å²) in [4.78, 5) is 11.5. The first-order chi connectivity index (χ1) is 7.75. The molecule has 1 aromatic rings. The highest BCUT2D eigenvalue weighted by molar-refractivity contribution is 5.92. The Morgan fingerprint density at radius 2 is 2.19 bits per heavy atom. The van der Waals surface area contributed by atoms with Crippen LogP contribution in [0.15, 0.2) is 35.9 Å². The number of esters is 1. The van der Waals surface area contributed by atoms with E-state index in [9.17, 15) is 4.79 Å². The fourth-order valence-electron chi connectivity index (χ4n) is 1.30. The number of carbonyl (C=O) groups excluding carboxylic acids is 1. The van der Waals surface area contributed by atoms with Crippen LogP contribution in [0.1, 0.15) is 12.5 Å². The molecule has 16 heavy (non-hydrogen) atoms. The Balaban J connectivity index is 1.92. The minimum atomic E-state index is -0.278. The molecule has 3 nitrogen and oxygen atoms in total. The lowest BCUT2D eigenvalue weighted by molar-refractivity contribution is -0.139. The van der Waals surface area contributed by atoms with Gasteiger partial charge in [0, 0.05) is 5.57 Å². The first kappa shape index (κ1) is 10.9. The molecule has 1 aromatic carbocycles. The van der Waals surface area contributed by atoms with Crippen molar-refractivity contribution >= 4 is 12.0 Å². The molecule has 2 rings (SSSR count). The van der Waals surface area contributed by atoms with Gasteiger partial charge in [-0.25, -0.2) is 4.79 Å². The maximum absolute atomic E-state index is 11.5. The average Bonchev–Trinajstić information content (AvgIpc) is 3.11. The zero-order valence-electron chi connectivity index (χ0n) is 9.18. The Morgan fingerprint density at radius 1 is 1.50 bits per heavy atom. The molecule has 0 N–H and O–H groups in total. The van der Waals surface area contributed by atoms with E-state index in [-0.39, 0.29) is 12.1 Å². The molecule has 1 aliphatic rings. The van der Waals surface area contributed by atoms with Gasteiger partial charge in [0.2, 0.25) is 0 Å². The molecular weight excluding hydrogens is 204 g/mol. The second-order valence-electron chi connectivity index (χ2n) is 3.79. The van der Waals surface area contributed by atoms with Crippen LogP contribution in [-0.2, 0) is 14.3 Å². The smallest absolute Gasteiger partial charge is 0.333 e. The van der Waals surface area contributed by atoms with Gasteiger partial charge in [-0.15, -0.1) is 0 Å². The van der Waals surface area contributed by atoms with E-state index in [2.05, 4.69) is 0 Å². The number of ether oxygens (including phenoxy) is 2. The molecule has 0 radical (unpaired) electrons. The summed E-state index contributed by atoms with van der Waals surface area (Å²) < 4.78 is 10.0. The first-order valence-corrected chi connectivity index (χ1v) is 5.28. The van der Waals surface area contributed by atoms with Crippen molar-refractivity contribution in [1.29, 1.82) is 0 Å². The van der Waals surface area contributed by atoms with Gasteiger partial charge in [0.15, 0.2) is 0 Å². The van der Waals surface area contributed by atoms with Crippen LogP contribution in [0.4, 0.5) is 0 Å². The standard InChI is InChI=1S/C13H14O3/c1-10(7-11-5-3-2-4-6-11)13(14)16-9-12-8-15-12/h2-7,12H,8-9H2,1H3. The van der Waals surface area contributed by atoms with E-state index in [0.717, 1.165) is 5.56 Å². The van der Waals surface area contributed by atoms with Crippen LogP contribution in [-0.4, -0.2) is 25.3 Å². The Bertz CT molecular complexity index is 391. The van der Waals surface area contributed by atoms with Gasteiger partial charge in [0.25, 0.3) is 0 Å². The average molecular weight is 218 g/mol. The molecule has 1 unspecified atom stereocenters. The molecule has 1 atom stereocenters. The minimum Gasteiger partial charge on any atom is -0.459 e. The van der Waals surface area contributed by atoms with Crippen molar-refractivity contribution in [3.8, 4) is 0 Å². The van der Waals surface area contributed by atoms with Crippen molar-refractivity contribution in [2.75, 3.05) is 13.2 Å². The van der Waals surface area contributed by atoms with Crippen LogP contribution in [0.3, 0.4) is 0 Å². The van der Waals surface area contributed by atoms with Gasteiger partial charge in [-0.05, 0) is 18.6 Å². The SMILES string of the molecule is CC(=Cc1ccccc1)C(=O)OCC1CO1. The van der Waals surface area contributed by atoms with Crippen LogP contribution in [0.5, 0.6) is 0 Å². The highest BCUT2D eigenvalue weighted by Crippen LogP contribution is 2.11. The topological polar surface area (TPSA) is 38.8 Å². The van der Waals surface area contributed by atoms with Gasteiger partial charge >= 0.3 is 5.97 Å². The van der Waals surface area contributed by atoms with Gasteiger partial charge in [0.1, 0.15) is 12.7 Å². The van der Waals surface area contributed by atoms with Crippen LogP contribution in [0, 0.1) is 0 Å². The molecule has 1 saturated heterocycles. The Hall–Kier alpha value is -1.61. The molecule has 1 aliphatic heterocycles. The molecule has 0 aromatic heterocycles. The van der Waals surface area contributed by atoms with Crippen LogP contribution < -0.4 is 0 Å². The second kappa shape index (κ2) is 4.94. The van der Waals surface area contributed by atoms with Crippen LogP contribution in [0.25, 0.3) is 6.08 Å². The summed E-state index contributed by atoms with van der Waals surface area (Å²) >= 11 is 0. The van der Waals surface area contributed by atoms with Crippen molar-refractivity contribution in [2.24, 2.45) is 0 Å². The Labute approximate surface area is 94.7 Å². The number of hydrogen-bond acceptors (Lipinski definition) is 3. The summed E-state index contributed by atoms with van der Waals surface area (Å²) in [6.07, 6.45) is 1.93. The highest BCUT2D eigenvalue weighted by Gasteiger charge is 2.24. The number of benzene rings is 1. The number of hydrogen-bond donors (Lipinski definition) is 0. The van der Waals surface area contributed by atoms with Crippen LogP contribution in [0.2, 0.25) is 0 Å². The lowest BCUT2D eigenvalue weighted by Crippen LogP contribution is -2.10. The lowest BCUT2D eigenvalue weighted by Gasteiger charge is -2.02. The molecule has 0 spiro atoms. The van der Waals surface area contributed by atoms with Crippen molar-refractivity contribution in [2.45, 2.75) is 13.0 Å². The third-order valence-corrected chi connectivity index (χ3v) is 2.31. The van der Waals surface area contributed by atoms with E-state index in [1.807, 2.05) is 36.4 Å². The predicted octanol–water partition coefficient (Wildman–Crippen LogP) is 2.03. The van der Waals surface area contributed by atoms with Crippen molar-refractivity contribution in [3.63, 3.8) is 0 Å². The largest absolute Gasteiger partial charge is 0.459 e. The maximum Gasteiger partial charge on any atom is 0.333 e. The molecule has 3 heteroatoms. The van der Waals surface area contributed by atoms with Gasteiger partial charge in [-0.1, -0.05) is 30.3 Å². The Kier molecular flexibility index (Phi) is 3.37. The van der Waals surface area contributed by atoms with Gasteiger partial charge in [-0.3, -0.25) is 0 Å². The maximum atomic E-state index is 11.5. The minimum absolute atomic E-state index is 0.119. The van der Waals surface area contributed by atoms with Gasteiger partial charge < -0.3 is 9.47 Å². The second-order valence-corrected chi connectivity index (χ2v) is 3.79. The van der Waals surface area contributed by atoms with Crippen molar-refractivity contribution < 1.29 is 14.3 Å². The molecule has 0 aliphatic carbocycles. The quantitative estimate of drug-likeness (QED) is 0.441. The number of carbonyl (C=O) groups is 1. The van der Waals surface area contributed by atoms with E-state index in [1.54, 1.807) is 6.92 Å². The summed E-state index contributed by atoms with van der Waals surface area (Å²) in [5.74, 6) is -0.278. The zero-order chi connectivity index (χ0) is 11.4. The van der Waals surface area contributed by atoms with Gasteiger partial charge in [-0.2, -0.15) is 0 Å². The van der Waals surface area contributed by atoms with Crippen molar-refractivity contribution in [3.05, 3.63) is 41.5 Å². The van der Waals surface area contributed by atoms with E-state index >= 15 is 0 Å². The molecule has 1 heterocycles. The third-order valence-electron chi connectivity index (χ3n) is 2.31. The lowest BCUT2D eigenvalue weighted by atomic mass is 10.1. The molecule has 0 saturated carbocycles. The third kappa shape index (κ3) is 3.21. The molecule has 0 amide bonds. The zero-order valence-corrected chi connectivity index (χ0v) is 9.18. The molecule has 1 fully saturated rings. The summed E-state index contributed by atoms with van der Waals surface area (Å²) in [5.41, 5.74) is 1.60. The molecule has 84 valence electrons. The first-order valence-electron chi connectivity index (χ1n) is 5.28. The summed E-state index contributed by atoms with van der Waals surface area (Å²) in [6.45, 7) is 2.82. The molecular formula is C13H14O3. The van der Waals surface area contributed by atoms with Crippen molar-refractivity contribution in [1.82, 2.24) is 0 Å². The highest BCUT2D eigenvalue weighted by atomic mass is 16.6. The van der Waals surface area contributed by atoms with E-state index in [0.29, 0.717) is 18.8 Å². The number of epoxide rings is 1.